The topological polar surface area (TPSA) is 104 Å². The Kier molecular flexibility index (Phi) is 7.94. The van der Waals surface area contributed by atoms with Crippen molar-refractivity contribution >= 4 is 25.8 Å². The number of amides is 1. The summed E-state index contributed by atoms with van der Waals surface area (Å²) in [6.45, 7) is 0.909. The quantitative estimate of drug-likeness (QED) is 0.586. The fraction of sp³-hybridized carbons (Fsp3) is 0.409. The van der Waals surface area contributed by atoms with E-state index in [4.69, 9.17) is 0 Å². The van der Waals surface area contributed by atoms with Gasteiger partial charge in [-0.1, -0.05) is 18.2 Å². The smallest absolute Gasteiger partial charge is 0.348 e. The highest BCUT2D eigenvalue weighted by molar-refractivity contribution is 7.91. The average Bonchev–Trinajstić information content (AvgIpc) is 2.79. The second-order valence-electron chi connectivity index (χ2n) is 8.43. The Hall–Kier alpha value is -2.48. The monoisotopic (exact) mass is 533 g/mol. The lowest BCUT2D eigenvalue weighted by Gasteiger charge is -2.32. The molecule has 2 aromatic carbocycles. The molecule has 0 atom stereocenters. The minimum Gasteiger partial charge on any atom is -0.348 e. The summed E-state index contributed by atoms with van der Waals surface area (Å²) < 4.78 is 95.2. The van der Waals surface area contributed by atoms with Gasteiger partial charge in [-0.3, -0.25) is 9.69 Å². The zero-order valence-electron chi connectivity index (χ0n) is 19.1. The van der Waals surface area contributed by atoms with Crippen molar-refractivity contribution in [1.29, 1.82) is 0 Å². The van der Waals surface area contributed by atoms with Crippen LogP contribution in [0.3, 0.4) is 0 Å². The fourth-order valence-corrected chi connectivity index (χ4v) is 6.63. The van der Waals surface area contributed by atoms with Crippen LogP contribution >= 0.6 is 0 Å². The molecule has 0 saturated carbocycles. The minimum atomic E-state index is -5.02. The van der Waals surface area contributed by atoms with Crippen LogP contribution in [-0.2, 0) is 30.8 Å². The highest BCUT2D eigenvalue weighted by Gasteiger charge is 2.39. The number of hydrogen-bond donors (Lipinski definition) is 1. The van der Waals surface area contributed by atoms with Gasteiger partial charge in [-0.25, -0.2) is 21.6 Å². The summed E-state index contributed by atoms with van der Waals surface area (Å²) in [4.78, 5) is 13.3. The lowest BCUT2D eigenvalue weighted by molar-refractivity contribution is -0.140. The van der Waals surface area contributed by atoms with Crippen molar-refractivity contribution in [1.82, 2.24) is 14.5 Å². The Balaban J connectivity index is 1.88. The maximum absolute atomic E-state index is 13.7. The van der Waals surface area contributed by atoms with Crippen molar-refractivity contribution in [2.45, 2.75) is 39.7 Å². The number of carbonyl (C=O) groups is 1. The molecular weight excluding hydrogens is 507 g/mol. The van der Waals surface area contributed by atoms with Crippen LogP contribution in [0.5, 0.6) is 0 Å². The molecule has 1 aliphatic rings. The predicted molar refractivity (Wildman–Crippen MR) is 122 cm³/mol. The third-order valence-corrected chi connectivity index (χ3v) is 9.01. The summed E-state index contributed by atoms with van der Waals surface area (Å²) in [7, 11) is -5.73. The molecular formula is C22H26F3N3O5S2. The van der Waals surface area contributed by atoms with E-state index in [0.717, 1.165) is 6.07 Å². The molecule has 1 heterocycles. The normalized spacial score (nSPS) is 16.3. The highest BCUT2D eigenvalue weighted by Crippen LogP contribution is 2.36. The lowest BCUT2D eigenvalue weighted by Crippen LogP contribution is -2.47. The molecule has 0 aromatic heterocycles. The van der Waals surface area contributed by atoms with Gasteiger partial charge in [-0.2, -0.15) is 13.2 Å². The maximum atomic E-state index is 13.7. The highest BCUT2D eigenvalue weighted by atomic mass is 32.2. The van der Waals surface area contributed by atoms with Crippen molar-refractivity contribution in [2.75, 3.05) is 33.7 Å². The number of halogens is 3. The van der Waals surface area contributed by atoms with Crippen molar-refractivity contribution in [2.24, 2.45) is 0 Å². The van der Waals surface area contributed by atoms with Crippen molar-refractivity contribution < 1.29 is 34.8 Å². The Morgan fingerprint density at radius 3 is 2.14 bits per heavy atom. The minimum absolute atomic E-state index is 0.115. The van der Waals surface area contributed by atoms with Crippen LogP contribution in [0.2, 0.25) is 0 Å². The number of piperidine rings is 1. The third kappa shape index (κ3) is 6.40. The molecule has 0 aliphatic carbocycles. The molecule has 0 radical (unpaired) electrons. The van der Waals surface area contributed by atoms with Gasteiger partial charge in [-0.15, -0.1) is 0 Å². The number of nitrogens with one attached hydrogen (secondary N) is 1. The number of nitrogens with zero attached hydrogens (tertiary/aromatic N) is 2. The number of hydrogen-bond acceptors (Lipinski definition) is 6. The maximum Gasteiger partial charge on any atom is 0.417 e. The number of alkyl halides is 3. The van der Waals surface area contributed by atoms with Crippen molar-refractivity contribution in [3.8, 4) is 0 Å². The van der Waals surface area contributed by atoms with E-state index in [9.17, 15) is 34.8 Å². The van der Waals surface area contributed by atoms with E-state index in [-0.39, 0.29) is 30.2 Å². The molecule has 0 unspecified atom stereocenters. The molecule has 13 heteroatoms. The summed E-state index contributed by atoms with van der Waals surface area (Å²) >= 11 is 0. The fourth-order valence-electron chi connectivity index (χ4n) is 3.69. The molecule has 1 N–H and O–H groups in total. The Labute approximate surface area is 202 Å². The third-order valence-electron chi connectivity index (χ3n) is 5.68. The summed E-state index contributed by atoms with van der Waals surface area (Å²) in [6.07, 6.45) is -4.46. The number of likely N-dealkylation sites (tertiary alicyclic amines) is 1. The van der Waals surface area contributed by atoms with Crippen molar-refractivity contribution in [3.63, 3.8) is 0 Å². The largest absolute Gasteiger partial charge is 0.417 e. The van der Waals surface area contributed by atoms with Gasteiger partial charge < -0.3 is 4.90 Å². The molecule has 0 spiro atoms. The molecule has 1 amide bonds. The molecule has 1 saturated heterocycles. The molecule has 192 valence electrons. The Morgan fingerprint density at radius 1 is 1.00 bits per heavy atom. The van der Waals surface area contributed by atoms with E-state index in [2.05, 4.69) is 4.72 Å². The molecule has 2 aromatic rings. The molecule has 1 aliphatic heterocycles. The molecule has 8 nitrogen and oxygen atoms in total. The van der Waals surface area contributed by atoms with Crippen LogP contribution in [-0.4, -0.2) is 72.3 Å². The van der Waals surface area contributed by atoms with Gasteiger partial charge in [0.1, 0.15) is 0 Å². The van der Waals surface area contributed by atoms with Gasteiger partial charge in [-0.05, 0) is 43.2 Å². The standard InChI is InChI=1S/C22H26F3N3O5S2/c1-27(2)21(29)15-28-12-10-16(11-13-28)26-35(32,33)20-14-18(8-9-19(20)22(23,24)25)34(30,31)17-6-4-3-5-7-17/h3-9,14,16,26H,10-13,15H2,1-2H3. The van der Waals surface area contributed by atoms with Gasteiger partial charge in [0.2, 0.25) is 25.8 Å². The first-order valence-corrected chi connectivity index (χ1v) is 13.6. The van der Waals surface area contributed by atoms with Crippen LogP contribution in [0.25, 0.3) is 0 Å². The van der Waals surface area contributed by atoms with Gasteiger partial charge in [0.15, 0.2) is 0 Å². The van der Waals surface area contributed by atoms with E-state index in [1.807, 2.05) is 4.90 Å². The Morgan fingerprint density at radius 2 is 1.60 bits per heavy atom. The zero-order chi connectivity index (χ0) is 26.0. The first-order valence-electron chi connectivity index (χ1n) is 10.7. The zero-order valence-corrected chi connectivity index (χ0v) is 20.8. The number of carbonyl (C=O) groups excluding carboxylic acids is 1. The SMILES string of the molecule is CN(C)C(=O)CN1CCC(NS(=O)(=O)c2cc(S(=O)(=O)c3ccccc3)ccc2C(F)(F)F)CC1. The first-order chi connectivity index (χ1) is 16.2. The van der Waals surface area contributed by atoms with E-state index < -0.39 is 47.4 Å². The molecule has 0 bridgehead atoms. The van der Waals surface area contributed by atoms with Crippen LogP contribution in [0.15, 0.2) is 63.2 Å². The van der Waals surface area contributed by atoms with Gasteiger partial charge >= 0.3 is 6.18 Å². The van der Waals surface area contributed by atoms with E-state index in [1.54, 1.807) is 20.2 Å². The predicted octanol–water partition coefficient (Wildman–Crippen LogP) is 2.37. The number of sulfonamides is 1. The first kappa shape index (κ1) is 27.1. The summed E-state index contributed by atoms with van der Waals surface area (Å²) in [5.41, 5.74) is -1.45. The molecule has 35 heavy (non-hydrogen) atoms. The summed E-state index contributed by atoms with van der Waals surface area (Å²) in [5, 5.41) is 0. The van der Waals surface area contributed by atoms with Gasteiger partial charge in [0, 0.05) is 33.2 Å². The van der Waals surface area contributed by atoms with Crippen molar-refractivity contribution in [3.05, 3.63) is 54.1 Å². The molecule has 1 fully saturated rings. The van der Waals surface area contributed by atoms with Gasteiger partial charge in [0.05, 0.1) is 26.8 Å². The van der Waals surface area contributed by atoms with E-state index in [0.29, 0.717) is 25.2 Å². The van der Waals surface area contributed by atoms with E-state index in [1.165, 1.54) is 29.2 Å². The summed E-state index contributed by atoms with van der Waals surface area (Å²) in [5.74, 6) is -0.115. The number of benzene rings is 2. The van der Waals surface area contributed by atoms with E-state index >= 15 is 0 Å². The lowest BCUT2D eigenvalue weighted by atomic mass is 10.1. The number of sulfone groups is 1. The van der Waals surface area contributed by atoms with Crippen LogP contribution < -0.4 is 4.72 Å². The van der Waals surface area contributed by atoms with Crippen LogP contribution in [0, 0.1) is 0 Å². The van der Waals surface area contributed by atoms with Crippen LogP contribution in [0.4, 0.5) is 13.2 Å². The summed E-state index contributed by atoms with van der Waals surface area (Å²) in [6, 6.07) is 8.14. The Bertz CT molecular complexity index is 1270. The second-order valence-corrected chi connectivity index (χ2v) is 12.1. The average molecular weight is 534 g/mol. The molecule has 3 rings (SSSR count). The van der Waals surface area contributed by atoms with Crippen LogP contribution in [0.1, 0.15) is 18.4 Å². The number of rotatable bonds is 7. The number of likely N-dealkylation sites (N-methyl/N-ethyl adjacent to an activating group) is 1. The second kappa shape index (κ2) is 10.2. The van der Waals surface area contributed by atoms with Gasteiger partial charge in [0.25, 0.3) is 0 Å².